The van der Waals surface area contributed by atoms with Gasteiger partial charge in [-0.25, -0.2) is 4.90 Å². The van der Waals surface area contributed by atoms with E-state index < -0.39 is 0 Å². The van der Waals surface area contributed by atoms with E-state index in [1.165, 1.54) is 4.90 Å². The number of hydrogen-bond donors (Lipinski definition) is 1. The molecule has 1 atom stereocenters. The SMILES string of the molecule is Cc1ccc(C#CCN)c(N2C(=O)CC(C)C2=O)c1. The van der Waals surface area contributed by atoms with Crippen LogP contribution in [0.5, 0.6) is 0 Å². The molecule has 1 unspecified atom stereocenters. The van der Waals surface area contributed by atoms with Crippen LogP contribution in [0, 0.1) is 24.7 Å². The van der Waals surface area contributed by atoms with Crippen LogP contribution in [0.25, 0.3) is 0 Å². The zero-order valence-corrected chi connectivity index (χ0v) is 11.1. The third-order valence-electron chi connectivity index (χ3n) is 3.09. The van der Waals surface area contributed by atoms with Gasteiger partial charge in [-0.15, -0.1) is 0 Å². The highest BCUT2D eigenvalue weighted by Gasteiger charge is 2.37. The number of imide groups is 1. The van der Waals surface area contributed by atoms with Crippen molar-refractivity contribution in [2.24, 2.45) is 11.7 Å². The molecule has 0 spiro atoms. The summed E-state index contributed by atoms with van der Waals surface area (Å²) >= 11 is 0. The number of rotatable bonds is 1. The molecule has 2 amide bonds. The number of carbonyl (C=O) groups excluding carboxylic acids is 2. The third-order valence-corrected chi connectivity index (χ3v) is 3.09. The maximum atomic E-state index is 12.1. The van der Waals surface area contributed by atoms with Crippen LogP contribution in [0.1, 0.15) is 24.5 Å². The van der Waals surface area contributed by atoms with Crippen LogP contribution in [0.15, 0.2) is 18.2 Å². The Bertz CT molecular complexity index is 596. The average molecular weight is 256 g/mol. The topological polar surface area (TPSA) is 63.4 Å². The van der Waals surface area contributed by atoms with Crippen molar-refractivity contribution in [3.8, 4) is 11.8 Å². The van der Waals surface area contributed by atoms with E-state index in [-0.39, 0.29) is 30.7 Å². The molecule has 0 aromatic heterocycles. The summed E-state index contributed by atoms with van der Waals surface area (Å²) in [6, 6.07) is 5.53. The van der Waals surface area contributed by atoms with E-state index in [4.69, 9.17) is 5.73 Å². The van der Waals surface area contributed by atoms with Gasteiger partial charge in [-0.2, -0.15) is 0 Å². The normalized spacial score (nSPS) is 18.5. The van der Waals surface area contributed by atoms with E-state index in [2.05, 4.69) is 11.8 Å². The molecule has 1 fully saturated rings. The molecule has 1 aromatic rings. The van der Waals surface area contributed by atoms with Crippen molar-refractivity contribution in [1.82, 2.24) is 0 Å². The summed E-state index contributed by atoms with van der Waals surface area (Å²) in [5.74, 6) is 5.08. The minimum absolute atomic E-state index is 0.161. The van der Waals surface area contributed by atoms with Gasteiger partial charge in [-0.1, -0.05) is 24.8 Å². The highest BCUT2D eigenvalue weighted by Crippen LogP contribution is 2.29. The summed E-state index contributed by atoms with van der Waals surface area (Å²) in [6.45, 7) is 3.92. The smallest absolute Gasteiger partial charge is 0.237 e. The fourth-order valence-corrected chi connectivity index (χ4v) is 2.12. The fourth-order valence-electron chi connectivity index (χ4n) is 2.12. The number of nitrogens with zero attached hydrogens (tertiary/aromatic N) is 1. The highest BCUT2D eigenvalue weighted by molar-refractivity contribution is 6.21. The van der Waals surface area contributed by atoms with Crippen molar-refractivity contribution in [3.05, 3.63) is 29.3 Å². The van der Waals surface area contributed by atoms with Crippen molar-refractivity contribution in [3.63, 3.8) is 0 Å². The Morgan fingerprint density at radius 1 is 1.42 bits per heavy atom. The van der Waals surface area contributed by atoms with Gasteiger partial charge in [0.1, 0.15) is 0 Å². The van der Waals surface area contributed by atoms with Gasteiger partial charge in [0.2, 0.25) is 11.8 Å². The first kappa shape index (κ1) is 13.3. The lowest BCUT2D eigenvalue weighted by atomic mass is 10.1. The highest BCUT2D eigenvalue weighted by atomic mass is 16.2. The lowest BCUT2D eigenvalue weighted by Gasteiger charge is -2.17. The van der Waals surface area contributed by atoms with Gasteiger partial charge in [0.25, 0.3) is 0 Å². The fraction of sp³-hybridized carbons (Fsp3) is 0.333. The molecule has 1 heterocycles. The second kappa shape index (κ2) is 5.25. The Morgan fingerprint density at radius 2 is 2.16 bits per heavy atom. The molecule has 98 valence electrons. The first-order valence-corrected chi connectivity index (χ1v) is 6.21. The molecule has 1 saturated heterocycles. The predicted octanol–water partition coefficient (Wildman–Crippen LogP) is 1.20. The maximum absolute atomic E-state index is 12.1. The van der Waals surface area contributed by atoms with Crippen molar-refractivity contribution < 1.29 is 9.59 Å². The minimum Gasteiger partial charge on any atom is -0.320 e. The molecule has 2 N–H and O–H groups in total. The number of benzene rings is 1. The summed E-state index contributed by atoms with van der Waals surface area (Å²) in [5.41, 5.74) is 7.57. The quantitative estimate of drug-likeness (QED) is 0.606. The van der Waals surface area contributed by atoms with Crippen LogP contribution in [-0.2, 0) is 9.59 Å². The van der Waals surface area contributed by atoms with Crippen molar-refractivity contribution in [2.75, 3.05) is 11.4 Å². The molecule has 1 aliphatic heterocycles. The minimum atomic E-state index is -0.261. The van der Waals surface area contributed by atoms with Crippen LogP contribution in [0.4, 0.5) is 5.69 Å². The molecule has 0 bridgehead atoms. The summed E-state index contributed by atoms with van der Waals surface area (Å²) in [4.78, 5) is 25.3. The van der Waals surface area contributed by atoms with Crippen LogP contribution in [0.2, 0.25) is 0 Å². The van der Waals surface area contributed by atoms with Crippen LogP contribution in [-0.4, -0.2) is 18.4 Å². The van der Waals surface area contributed by atoms with Gasteiger partial charge in [0.05, 0.1) is 12.2 Å². The monoisotopic (exact) mass is 256 g/mol. The van der Waals surface area contributed by atoms with Gasteiger partial charge in [0.15, 0.2) is 0 Å². The summed E-state index contributed by atoms with van der Waals surface area (Å²) in [5, 5.41) is 0. The summed E-state index contributed by atoms with van der Waals surface area (Å²) < 4.78 is 0. The van der Waals surface area contributed by atoms with Crippen LogP contribution in [0.3, 0.4) is 0 Å². The van der Waals surface area contributed by atoms with Crippen LogP contribution >= 0.6 is 0 Å². The molecule has 1 aliphatic rings. The molecule has 19 heavy (non-hydrogen) atoms. The number of anilines is 1. The lowest BCUT2D eigenvalue weighted by molar-refractivity contribution is -0.122. The van der Waals surface area contributed by atoms with E-state index in [1.807, 2.05) is 25.1 Å². The lowest BCUT2D eigenvalue weighted by Crippen LogP contribution is -2.30. The summed E-state index contributed by atoms with van der Waals surface area (Å²) in [6.07, 6.45) is 0.260. The number of carbonyl (C=O) groups is 2. The Balaban J connectivity index is 2.51. The molecule has 0 aliphatic carbocycles. The number of amides is 2. The zero-order chi connectivity index (χ0) is 14.0. The molecular formula is C15H16N2O2. The zero-order valence-electron chi connectivity index (χ0n) is 11.1. The maximum Gasteiger partial charge on any atom is 0.237 e. The van der Waals surface area contributed by atoms with E-state index in [1.54, 1.807) is 6.92 Å². The predicted molar refractivity (Wildman–Crippen MR) is 73.4 cm³/mol. The van der Waals surface area contributed by atoms with Crippen molar-refractivity contribution in [2.45, 2.75) is 20.3 Å². The largest absolute Gasteiger partial charge is 0.320 e. The van der Waals surface area contributed by atoms with Crippen molar-refractivity contribution >= 4 is 17.5 Å². The van der Waals surface area contributed by atoms with Gasteiger partial charge >= 0.3 is 0 Å². The van der Waals surface area contributed by atoms with Gasteiger partial charge < -0.3 is 5.73 Å². The Morgan fingerprint density at radius 3 is 2.74 bits per heavy atom. The molecular weight excluding hydrogens is 240 g/mol. The molecule has 4 heteroatoms. The van der Waals surface area contributed by atoms with Gasteiger partial charge in [0, 0.05) is 17.9 Å². The molecule has 0 radical (unpaired) electrons. The Kier molecular flexibility index (Phi) is 3.68. The average Bonchev–Trinajstić information content (AvgIpc) is 2.62. The second-order valence-electron chi connectivity index (χ2n) is 4.70. The van der Waals surface area contributed by atoms with Gasteiger partial charge in [-0.05, 0) is 24.6 Å². The summed E-state index contributed by atoms with van der Waals surface area (Å²) in [7, 11) is 0. The van der Waals surface area contributed by atoms with E-state index in [0.717, 1.165) is 5.56 Å². The molecule has 0 saturated carbocycles. The third kappa shape index (κ3) is 2.51. The standard InChI is InChI=1S/C15H16N2O2/c1-10-5-6-12(4-3-7-16)13(8-10)17-14(18)9-11(2)15(17)19/h5-6,8,11H,7,9,16H2,1-2H3. The van der Waals surface area contributed by atoms with Crippen LogP contribution < -0.4 is 10.6 Å². The first-order valence-electron chi connectivity index (χ1n) is 6.21. The molecule has 1 aromatic carbocycles. The second-order valence-corrected chi connectivity index (χ2v) is 4.70. The van der Waals surface area contributed by atoms with E-state index >= 15 is 0 Å². The number of nitrogens with two attached hydrogens (primary N) is 1. The van der Waals surface area contributed by atoms with Crippen molar-refractivity contribution in [1.29, 1.82) is 0 Å². The van der Waals surface area contributed by atoms with E-state index in [0.29, 0.717) is 11.3 Å². The molecule has 2 rings (SSSR count). The van der Waals surface area contributed by atoms with Gasteiger partial charge in [-0.3, -0.25) is 9.59 Å². The Labute approximate surface area is 112 Å². The van der Waals surface area contributed by atoms with E-state index in [9.17, 15) is 9.59 Å². The molecule has 4 nitrogen and oxygen atoms in total. The Hall–Kier alpha value is -2.12. The number of hydrogen-bond acceptors (Lipinski definition) is 3. The first-order chi connectivity index (χ1) is 9.04. The number of aryl methyl sites for hydroxylation is 1.